The molecule has 3 aromatic rings. The van der Waals surface area contributed by atoms with Gasteiger partial charge in [0.1, 0.15) is 0 Å². The van der Waals surface area contributed by atoms with Gasteiger partial charge >= 0.3 is 5.69 Å². The standard InChI is InChI=1S/C23H24ClN3O5/c1-31-19-7-6-15(12-20(19)32-2)13-26-22(29)21-17(24)4-3-5-18(21)27(23(26)30)16-8-10-25(14-28)11-9-16/h3-7,12,14,16H,8-11,13H2,1-2H3. The molecule has 1 aromatic heterocycles. The number of carbonyl (C=O) groups excluding carboxylic acids is 1. The Kier molecular flexibility index (Phi) is 6.23. The molecule has 4 rings (SSSR count). The summed E-state index contributed by atoms with van der Waals surface area (Å²) >= 11 is 6.41. The molecule has 168 valence electrons. The van der Waals surface area contributed by atoms with E-state index >= 15 is 0 Å². The highest BCUT2D eigenvalue weighted by Crippen LogP contribution is 2.29. The first kappa shape index (κ1) is 22.0. The number of benzene rings is 2. The lowest BCUT2D eigenvalue weighted by Gasteiger charge is -2.31. The third kappa shape index (κ3) is 3.86. The molecule has 0 unspecified atom stereocenters. The van der Waals surface area contributed by atoms with E-state index in [9.17, 15) is 14.4 Å². The van der Waals surface area contributed by atoms with Crippen LogP contribution in [0.5, 0.6) is 11.5 Å². The molecule has 1 fully saturated rings. The Hall–Kier alpha value is -3.26. The fourth-order valence-corrected chi connectivity index (χ4v) is 4.53. The molecule has 1 aliphatic heterocycles. The largest absolute Gasteiger partial charge is 0.493 e. The van der Waals surface area contributed by atoms with Crippen LogP contribution >= 0.6 is 11.6 Å². The van der Waals surface area contributed by atoms with Crippen LogP contribution in [0.1, 0.15) is 24.4 Å². The summed E-state index contributed by atoms with van der Waals surface area (Å²) in [7, 11) is 3.07. The van der Waals surface area contributed by atoms with E-state index in [0.717, 1.165) is 12.0 Å². The molecule has 0 N–H and O–H groups in total. The monoisotopic (exact) mass is 457 g/mol. The Bertz CT molecular complexity index is 1280. The molecule has 1 amide bonds. The second kappa shape index (κ2) is 9.08. The molecule has 1 saturated heterocycles. The number of amides is 1. The molecule has 0 bridgehead atoms. The van der Waals surface area contributed by atoms with Crippen molar-refractivity contribution in [2.45, 2.75) is 25.4 Å². The van der Waals surface area contributed by atoms with Gasteiger partial charge in [-0.25, -0.2) is 4.79 Å². The van der Waals surface area contributed by atoms with Crippen molar-refractivity contribution in [3.8, 4) is 11.5 Å². The van der Waals surface area contributed by atoms with Crippen LogP contribution < -0.4 is 20.7 Å². The molecule has 2 aromatic carbocycles. The average Bonchev–Trinajstić information content (AvgIpc) is 2.82. The average molecular weight is 458 g/mol. The van der Waals surface area contributed by atoms with E-state index in [1.807, 2.05) is 0 Å². The molecule has 9 heteroatoms. The van der Waals surface area contributed by atoms with Crippen molar-refractivity contribution in [1.82, 2.24) is 14.0 Å². The van der Waals surface area contributed by atoms with E-state index in [-0.39, 0.29) is 12.6 Å². The molecule has 0 spiro atoms. The fraction of sp³-hybridized carbons (Fsp3) is 0.348. The number of aromatic nitrogens is 2. The quantitative estimate of drug-likeness (QED) is 0.531. The number of piperidine rings is 1. The summed E-state index contributed by atoms with van der Waals surface area (Å²) in [4.78, 5) is 39.7. The number of likely N-dealkylation sites (tertiary alicyclic amines) is 1. The predicted octanol–water partition coefficient (Wildman–Crippen LogP) is 2.68. The summed E-state index contributed by atoms with van der Waals surface area (Å²) in [6.45, 7) is 1.17. The van der Waals surface area contributed by atoms with E-state index in [4.69, 9.17) is 21.1 Å². The van der Waals surface area contributed by atoms with Gasteiger partial charge in [0.15, 0.2) is 11.5 Å². The van der Waals surface area contributed by atoms with Crippen molar-refractivity contribution in [2.75, 3.05) is 27.3 Å². The van der Waals surface area contributed by atoms with Gasteiger partial charge < -0.3 is 14.4 Å². The summed E-state index contributed by atoms with van der Waals surface area (Å²) in [6, 6.07) is 10.3. The van der Waals surface area contributed by atoms with E-state index in [1.165, 1.54) is 11.7 Å². The van der Waals surface area contributed by atoms with Crippen molar-refractivity contribution in [1.29, 1.82) is 0 Å². The first-order valence-electron chi connectivity index (χ1n) is 10.3. The van der Waals surface area contributed by atoms with Gasteiger partial charge in [0, 0.05) is 19.1 Å². The van der Waals surface area contributed by atoms with Crippen molar-refractivity contribution >= 4 is 28.9 Å². The number of hydrogen-bond acceptors (Lipinski definition) is 5. The van der Waals surface area contributed by atoms with Gasteiger partial charge in [-0.15, -0.1) is 0 Å². The summed E-state index contributed by atoms with van der Waals surface area (Å²) < 4.78 is 13.5. The molecule has 0 saturated carbocycles. The lowest BCUT2D eigenvalue weighted by Crippen LogP contribution is -2.44. The van der Waals surface area contributed by atoms with E-state index in [1.54, 1.807) is 53.0 Å². The predicted molar refractivity (Wildman–Crippen MR) is 122 cm³/mol. The van der Waals surface area contributed by atoms with E-state index in [2.05, 4.69) is 0 Å². The van der Waals surface area contributed by atoms with Gasteiger partial charge in [-0.05, 0) is 42.7 Å². The van der Waals surface area contributed by atoms with Gasteiger partial charge in [-0.1, -0.05) is 23.7 Å². The maximum absolute atomic E-state index is 13.6. The van der Waals surface area contributed by atoms with Crippen molar-refractivity contribution in [3.05, 3.63) is 67.8 Å². The summed E-state index contributed by atoms with van der Waals surface area (Å²) in [6.07, 6.45) is 2.07. The summed E-state index contributed by atoms with van der Waals surface area (Å²) in [5, 5.41) is 0.611. The highest BCUT2D eigenvalue weighted by molar-refractivity contribution is 6.35. The molecule has 0 atom stereocenters. The highest BCUT2D eigenvalue weighted by Gasteiger charge is 2.25. The summed E-state index contributed by atoms with van der Waals surface area (Å²) in [5.74, 6) is 1.07. The normalized spacial score (nSPS) is 14.5. The highest BCUT2D eigenvalue weighted by atomic mass is 35.5. The van der Waals surface area contributed by atoms with E-state index in [0.29, 0.717) is 53.4 Å². The van der Waals surface area contributed by atoms with Crippen LogP contribution in [-0.2, 0) is 11.3 Å². The lowest BCUT2D eigenvalue weighted by atomic mass is 10.0. The van der Waals surface area contributed by atoms with Gasteiger partial charge in [0.05, 0.1) is 36.7 Å². The number of fused-ring (bicyclic) bond motifs is 1. The number of methoxy groups -OCH3 is 2. The molecule has 2 heterocycles. The number of halogens is 1. The van der Waals surface area contributed by atoms with Crippen LogP contribution in [-0.4, -0.2) is 47.8 Å². The number of ether oxygens (including phenoxy) is 2. The van der Waals surface area contributed by atoms with Crippen LogP contribution in [0.25, 0.3) is 10.9 Å². The fourth-order valence-electron chi connectivity index (χ4n) is 4.28. The van der Waals surface area contributed by atoms with E-state index < -0.39 is 11.2 Å². The minimum atomic E-state index is -0.438. The SMILES string of the molecule is COc1ccc(Cn2c(=O)c3c(Cl)cccc3n(C3CCN(C=O)CC3)c2=O)cc1OC. The smallest absolute Gasteiger partial charge is 0.332 e. The van der Waals surface area contributed by atoms with Crippen LogP contribution in [0.4, 0.5) is 0 Å². The van der Waals surface area contributed by atoms with Crippen LogP contribution in [0.15, 0.2) is 46.0 Å². The number of carbonyl (C=O) groups is 1. The second-order valence-corrected chi connectivity index (χ2v) is 8.15. The first-order chi connectivity index (χ1) is 15.5. The molecule has 1 aliphatic rings. The Morgan fingerprint density at radius 2 is 1.78 bits per heavy atom. The zero-order valence-electron chi connectivity index (χ0n) is 17.9. The van der Waals surface area contributed by atoms with Crippen LogP contribution in [0, 0.1) is 0 Å². The van der Waals surface area contributed by atoms with Gasteiger partial charge in [0.25, 0.3) is 5.56 Å². The zero-order valence-corrected chi connectivity index (χ0v) is 18.7. The minimum absolute atomic E-state index is 0.0619. The van der Waals surface area contributed by atoms with Crippen molar-refractivity contribution in [2.24, 2.45) is 0 Å². The van der Waals surface area contributed by atoms with Gasteiger partial charge in [-0.3, -0.25) is 18.7 Å². The molecular weight excluding hydrogens is 434 g/mol. The van der Waals surface area contributed by atoms with Crippen LogP contribution in [0.3, 0.4) is 0 Å². The van der Waals surface area contributed by atoms with Crippen molar-refractivity contribution < 1.29 is 14.3 Å². The Labute approximate surface area is 189 Å². The second-order valence-electron chi connectivity index (χ2n) is 7.74. The molecular formula is C23H24ClN3O5. The molecule has 32 heavy (non-hydrogen) atoms. The topological polar surface area (TPSA) is 82.8 Å². The number of rotatable bonds is 6. The summed E-state index contributed by atoms with van der Waals surface area (Å²) in [5.41, 5.74) is 0.396. The molecule has 0 radical (unpaired) electrons. The van der Waals surface area contributed by atoms with Gasteiger partial charge in [-0.2, -0.15) is 0 Å². The number of hydrogen-bond donors (Lipinski definition) is 0. The Balaban J connectivity index is 1.87. The number of nitrogens with zero attached hydrogens (tertiary/aromatic N) is 3. The Morgan fingerprint density at radius 3 is 2.44 bits per heavy atom. The first-order valence-corrected chi connectivity index (χ1v) is 10.7. The third-order valence-electron chi connectivity index (χ3n) is 5.95. The lowest BCUT2D eigenvalue weighted by molar-refractivity contribution is -0.119. The van der Waals surface area contributed by atoms with Crippen molar-refractivity contribution in [3.63, 3.8) is 0 Å². The molecule has 8 nitrogen and oxygen atoms in total. The zero-order chi connectivity index (χ0) is 22.8. The maximum Gasteiger partial charge on any atom is 0.332 e. The van der Waals surface area contributed by atoms with Gasteiger partial charge in [0.2, 0.25) is 6.41 Å². The van der Waals surface area contributed by atoms with Crippen LogP contribution in [0.2, 0.25) is 5.02 Å². The Morgan fingerprint density at radius 1 is 1.06 bits per heavy atom. The minimum Gasteiger partial charge on any atom is -0.493 e. The molecule has 0 aliphatic carbocycles. The third-order valence-corrected chi connectivity index (χ3v) is 6.26. The maximum atomic E-state index is 13.6.